The Bertz CT molecular complexity index is 1050. The molecule has 0 radical (unpaired) electrons. The predicted octanol–water partition coefficient (Wildman–Crippen LogP) is 6.02. The standard InChI is InChI=1S/C28H41N5O/c1-5-8-20(4)30-28-29-17-25-26(22-11-9-21(10-12-22)18-32(6-2)7-3)19-33(27(25)31-28)23-13-15-24(34)16-14-23/h9-12,17,19-20,23-24,34H,5-8,13-16,18H2,1-4H3,(H,29,30,31). The van der Waals surface area contributed by atoms with E-state index in [1.807, 2.05) is 6.20 Å². The lowest BCUT2D eigenvalue weighted by molar-refractivity contribution is 0.111. The van der Waals surface area contributed by atoms with Crippen molar-refractivity contribution in [3.63, 3.8) is 0 Å². The Morgan fingerprint density at radius 3 is 2.44 bits per heavy atom. The van der Waals surface area contributed by atoms with E-state index in [1.165, 1.54) is 16.7 Å². The third-order valence-corrected chi connectivity index (χ3v) is 7.29. The summed E-state index contributed by atoms with van der Waals surface area (Å²) in [6.45, 7) is 11.9. The topological polar surface area (TPSA) is 66.2 Å². The van der Waals surface area contributed by atoms with Crippen LogP contribution < -0.4 is 5.32 Å². The van der Waals surface area contributed by atoms with Gasteiger partial charge >= 0.3 is 0 Å². The number of rotatable bonds is 10. The summed E-state index contributed by atoms with van der Waals surface area (Å²) in [6, 6.07) is 9.66. The Morgan fingerprint density at radius 2 is 1.79 bits per heavy atom. The average molecular weight is 464 g/mol. The predicted molar refractivity (Wildman–Crippen MR) is 141 cm³/mol. The van der Waals surface area contributed by atoms with Crippen molar-refractivity contribution >= 4 is 17.0 Å². The summed E-state index contributed by atoms with van der Waals surface area (Å²) in [5.74, 6) is 0.699. The number of aliphatic hydroxyl groups excluding tert-OH is 1. The first-order valence-electron chi connectivity index (χ1n) is 13.2. The lowest BCUT2D eigenvalue weighted by Gasteiger charge is -2.27. The maximum atomic E-state index is 10.0. The number of anilines is 1. The van der Waals surface area contributed by atoms with Gasteiger partial charge in [0.2, 0.25) is 5.95 Å². The highest BCUT2D eigenvalue weighted by atomic mass is 16.3. The first-order valence-corrected chi connectivity index (χ1v) is 13.2. The van der Waals surface area contributed by atoms with Gasteiger partial charge < -0.3 is 15.0 Å². The highest BCUT2D eigenvalue weighted by Crippen LogP contribution is 2.36. The van der Waals surface area contributed by atoms with E-state index in [0.717, 1.165) is 69.2 Å². The summed E-state index contributed by atoms with van der Waals surface area (Å²) in [7, 11) is 0. The number of nitrogens with zero attached hydrogens (tertiary/aromatic N) is 4. The fraction of sp³-hybridized carbons (Fsp3) is 0.571. The summed E-state index contributed by atoms with van der Waals surface area (Å²) in [4.78, 5) is 12.1. The number of hydrogen-bond donors (Lipinski definition) is 2. The molecule has 1 aromatic carbocycles. The van der Waals surface area contributed by atoms with Crippen molar-refractivity contribution in [1.29, 1.82) is 0 Å². The molecule has 1 fully saturated rings. The van der Waals surface area contributed by atoms with Crippen LogP contribution in [0.25, 0.3) is 22.2 Å². The molecule has 1 saturated carbocycles. The van der Waals surface area contributed by atoms with E-state index in [0.29, 0.717) is 18.0 Å². The van der Waals surface area contributed by atoms with E-state index in [4.69, 9.17) is 4.98 Å². The maximum absolute atomic E-state index is 10.0. The van der Waals surface area contributed by atoms with Crippen LogP contribution in [0.2, 0.25) is 0 Å². The molecular weight excluding hydrogens is 422 g/mol. The SMILES string of the molecule is CCCC(C)Nc1ncc2c(-c3ccc(CN(CC)CC)cc3)cn(C3CCC(O)CC3)c2n1. The van der Waals surface area contributed by atoms with Gasteiger partial charge in [0.1, 0.15) is 5.65 Å². The van der Waals surface area contributed by atoms with Crippen LogP contribution >= 0.6 is 0 Å². The summed E-state index contributed by atoms with van der Waals surface area (Å²) < 4.78 is 2.34. The van der Waals surface area contributed by atoms with Crippen molar-refractivity contribution < 1.29 is 5.11 Å². The third-order valence-electron chi connectivity index (χ3n) is 7.29. The van der Waals surface area contributed by atoms with Crippen LogP contribution in [0.15, 0.2) is 36.7 Å². The van der Waals surface area contributed by atoms with Crippen LogP contribution in [-0.4, -0.2) is 49.8 Å². The molecule has 0 spiro atoms. The first-order chi connectivity index (χ1) is 16.5. The molecule has 0 amide bonds. The Balaban J connectivity index is 1.69. The van der Waals surface area contributed by atoms with Crippen molar-refractivity contribution in [3.8, 4) is 11.1 Å². The minimum absolute atomic E-state index is 0.169. The second kappa shape index (κ2) is 11.3. The Hall–Kier alpha value is -2.44. The molecule has 6 heteroatoms. The lowest BCUT2D eigenvalue weighted by Crippen LogP contribution is -2.21. The molecule has 1 aliphatic rings. The number of aromatic nitrogens is 3. The molecule has 0 saturated heterocycles. The number of fused-ring (bicyclic) bond motifs is 1. The zero-order chi connectivity index (χ0) is 24.1. The summed E-state index contributed by atoms with van der Waals surface area (Å²) in [6.07, 6.45) is 9.96. The zero-order valence-corrected chi connectivity index (χ0v) is 21.3. The Labute approximate surface area is 204 Å². The molecule has 1 unspecified atom stereocenters. The molecule has 1 aliphatic carbocycles. The zero-order valence-electron chi connectivity index (χ0n) is 21.3. The Morgan fingerprint density at radius 1 is 1.09 bits per heavy atom. The molecule has 4 rings (SSSR count). The van der Waals surface area contributed by atoms with Crippen molar-refractivity contribution in [3.05, 3.63) is 42.2 Å². The van der Waals surface area contributed by atoms with Crippen LogP contribution in [0.4, 0.5) is 5.95 Å². The van der Waals surface area contributed by atoms with Crippen LogP contribution in [0.1, 0.15) is 77.8 Å². The molecule has 184 valence electrons. The molecule has 2 heterocycles. The fourth-order valence-corrected chi connectivity index (χ4v) is 5.16. The van der Waals surface area contributed by atoms with E-state index in [2.05, 4.69) is 77.9 Å². The van der Waals surface area contributed by atoms with Gasteiger partial charge in [0.25, 0.3) is 0 Å². The summed E-state index contributed by atoms with van der Waals surface area (Å²) in [5.41, 5.74) is 4.71. The van der Waals surface area contributed by atoms with E-state index >= 15 is 0 Å². The van der Waals surface area contributed by atoms with E-state index < -0.39 is 0 Å². The van der Waals surface area contributed by atoms with Crippen LogP contribution in [-0.2, 0) is 6.54 Å². The van der Waals surface area contributed by atoms with Gasteiger partial charge in [-0.25, -0.2) is 4.98 Å². The quantitative estimate of drug-likeness (QED) is 0.385. The number of nitrogens with one attached hydrogen (secondary N) is 1. The minimum Gasteiger partial charge on any atom is -0.393 e. The summed E-state index contributed by atoms with van der Waals surface area (Å²) in [5, 5.41) is 14.6. The van der Waals surface area contributed by atoms with Gasteiger partial charge in [0, 0.05) is 42.0 Å². The second-order valence-corrected chi connectivity index (χ2v) is 9.84. The van der Waals surface area contributed by atoms with Gasteiger partial charge in [0.05, 0.1) is 6.10 Å². The van der Waals surface area contributed by atoms with E-state index in [9.17, 15) is 5.11 Å². The second-order valence-electron chi connectivity index (χ2n) is 9.84. The van der Waals surface area contributed by atoms with Gasteiger partial charge in [-0.3, -0.25) is 4.90 Å². The molecule has 34 heavy (non-hydrogen) atoms. The normalized spacial score (nSPS) is 19.6. The third kappa shape index (κ3) is 5.61. The van der Waals surface area contributed by atoms with Gasteiger partial charge in [-0.2, -0.15) is 4.98 Å². The highest BCUT2D eigenvalue weighted by molar-refractivity contribution is 5.94. The van der Waals surface area contributed by atoms with E-state index in [-0.39, 0.29) is 6.10 Å². The first kappa shape index (κ1) is 24.7. The maximum Gasteiger partial charge on any atom is 0.224 e. The monoisotopic (exact) mass is 463 g/mol. The molecule has 0 bridgehead atoms. The van der Waals surface area contributed by atoms with Gasteiger partial charge in [-0.15, -0.1) is 0 Å². The van der Waals surface area contributed by atoms with E-state index in [1.54, 1.807) is 0 Å². The number of aliphatic hydroxyl groups is 1. The average Bonchev–Trinajstić information content (AvgIpc) is 3.22. The number of hydrogen-bond acceptors (Lipinski definition) is 5. The van der Waals surface area contributed by atoms with Crippen LogP contribution in [0, 0.1) is 0 Å². The highest BCUT2D eigenvalue weighted by Gasteiger charge is 2.24. The van der Waals surface area contributed by atoms with Gasteiger partial charge in [-0.1, -0.05) is 51.5 Å². The molecule has 2 N–H and O–H groups in total. The number of benzene rings is 1. The van der Waals surface area contributed by atoms with Crippen molar-refractivity contribution in [2.75, 3.05) is 18.4 Å². The largest absolute Gasteiger partial charge is 0.393 e. The van der Waals surface area contributed by atoms with Crippen LogP contribution in [0.3, 0.4) is 0 Å². The van der Waals surface area contributed by atoms with Crippen LogP contribution in [0.5, 0.6) is 0 Å². The molecular formula is C28H41N5O. The minimum atomic E-state index is -0.169. The van der Waals surface area contributed by atoms with Gasteiger partial charge in [0.15, 0.2) is 0 Å². The van der Waals surface area contributed by atoms with Crippen molar-refractivity contribution in [2.24, 2.45) is 0 Å². The lowest BCUT2D eigenvalue weighted by atomic mass is 9.93. The molecule has 3 aromatic rings. The molecule has 0 aliphatic heterocycles. The smallest absolute Gasteiger partial charge is 0.224 e. The summed E-state index contributed by atoms with van der Waals surface area (Å²) >= 11 is 0. The molecule has 1 atom stereocenters. The molecule has 2 aromatic heterocycles. The fourth-order valence-electron chi connectivity index (χ4n) is 5.16. The molecule has 6 nitrogen and oxygen atoms in total. The van der Waals surface area contributed by atoms with Crippen molar-refractivity contribution in [1.82, 2.24) is 19.4 Å². The Kier molecular flexibility index (Phi) is 8.22. The van der Waals surface area contributed by atoms with Gasteiger partial charge in [-0.05, 0) is 63.2 Å². The van der Waals surface area contributed by atoms with Crippen molar-refractivity contribution in [2.45, 2.75) is 91.0 Å².